The van der Waals surface area contributed by atoms with Crippen molar-refractivity contribution in [3.8, 4) is 5.75 Å². The van der Waals surface area contributed by atoms with E-state index in [4.69, 9.17) is 27.9 Å². The monoisotopic (exact) mass is 538 g/mol. The van der Waals surface area contributed by atoms with Gasteiger partial charge in [-0.05, 0) is 68.3 Å². The second-order valence-corrected chi connectivity index (χ2v) is 11.6. The number of benzene rings is 2. The number of halogens is 2. The zero-order chi connectivity index (χ0) is 24.8. The fourth-order valence-electron chi connectivity index (χ4n) is 4.25. The zero-order valence-electron chi connectivity index (χ0n) is 19.9. The molecule has 190 valence electrons. The number of likely N-dealkylation sites (N-methyl/N-ethyl adjacent to an activating group) is 1. The quantitative estimate of drug-likeness (QED) is 0.353. The van der Waals surface area contributed by atoms with Crippen LogP contribution in [0.15, 0.2) is 47.5 Å². The lowest BCUT2D eigenvalue weighted by Crippen LogP contribution is -2.44. The normalized spacial score (nSPS) is 15.6. The van der Waals surface area contributed by atoms with Gasteiger partial charge < -0.3 is 19.5 Å². The van der Waals surface area contributed by atoms with Crippen LogP contribution in [0, 0.1) is 0 Å². The summed E-state index contributed by atoms with van der Waals surface area (Å²) in [5.74, 6) is 0.680. The van der Waals surface area contributed by atoms with Crippen molar-refractivity contribution in [2.24, 2.45) is 0 Å². The van der Waals surface area contributed by atoms with Crippen LogP contribution in [0.3, 0.4) is 0 Å². The number of piperazine rings is 1. The minimum Gasteiger partial charge on any atom is -0.494 e. The third kappa shape index (κ3) is 7.12. The highest BCUT2D eigenvalue weighted by Gasteiger charge is 2.15. The Balaban J connectivity index is 1.20. The minimum absolute atomic E-state index is 0.230. The fourth-order valence-corrected chi connectivity index (χ4v) is 5.87. The van der Waals surface area contributed by atoms with Crippen molar-refractivity contribution in [1.29, 1.82) is 0 Å². The maximum absolute atomic E-state index is 12.7. The van der Waals surface area contributed by atoms with Crippen LogP contribution >= 0.6 is 23.2 Å². The van der Waals surface area contributed by atoms with E-state index in [9.17, 15) is 8.42 Å². The van der Waals surface area contributed by atoms with Crippen LogP contribution in [0.5, 0.6) is 5.75 Å². The molecule has 1 fully saturated rings. The SMILES string of the molecule is CN1CCN(CCCOc2ccc(S(=O)(=O)NCCCc3c[nH]c4c(Cl)cc(Cl)cc34)cc2)CC1. The number of hydrogen-bond acceptors (Lipinski definition) is 5. The molecule has 3 aromatic rings. The number of nitrogens with zero attached hydrogens (tertiary/aromatic N) is 2. The summed E-state index contributed by atoms with van der Waals surface area (Å²) in [6, 6.07) is 10.2. The van der Waals surface area contributed by atoms with Gasteiger partial charge in [-0.3, -0.25) is 0 Å². The van der Waals surface area contributed by atoms with Gasteiger partial charge in [-0.25, -0.2) is 13.1 Å². The third-order valence-corrected chi connectivity index (χ3v) is 8.32. The Bertz CT molecular complexity index is 1220. The summed E-state index contributed by atoms with van der Waals surface area (Å²) in [7, 11) is -1.43. The Morgan fingerprint density at radius 3 is 2.54 bits per heavy atom. The Morgan fingerprint density at radius 1 is 1.06 bits per heavy atom. The van der Waals surface area contributed by atoms with Crippen LogP contribution < -0.4 is 9.46 Å². The van der Waals surface area contributed by atoms with Crippen LogP contribution in [0.25, 0.3) is 10.9 Å². The van der Waals surface area contributed by atoms with E-state index < -0.39 is 10.0 Å². The van der Waals surface area contributed by atoms with Crippen LogP contribution in [0.4, 0.5) is 0 Å². The molecule has 1 saturated heterocycles. The Morgan fingerprint density at radius 2 is 1.80 bits per heavy atom. The van der Waals surface area contributed by atoms with Crippen molar-refractivity contribution in [3.05, 3.63) is 58.2 Å². The molecular weight excluding hydrogens is 507 g/mol. The predicted octanol–water partition coefficient (Wildman–Crippen LogP) is 4.40. The molecule has 1 aliphatic rings. The lowest BCUT2D eigenvalue weighted by atomic mass is 10.1. The number of sulfonamides is 1. The van der Waals surface area contributed by atoms with Gasteiger partial charge in [-0.15, -0.1) is 0 Å². The molecule has 10 heteroatoms. The maximum atomic E-state index is 12.7. The van der Waals surface area contributed by atoms with Crippen LogP contribution in [-0.2, 0) is 16.4 Å². The lowest BCUT2D eigenvalue weighted by Gasteiger charge is -2.32. The van der Waals surface area contributed by atoms with E-state index in [0.717, 1.165) is 55.6 Å². The van der Waals surface area contributed by atoms with Crippen molar-refractivity contribution < 1.29 is 13.2 Å². The van der Waals surface area contributed by atoms with Crippen molar-refractivity contribution in [3.63, 3.8) is 0 Å². The summed E-state index contributed by atoms with van der Waals surface area (Å²) in [5, 5.41) is 2.11. The van der Waals surface area contributed by atoms with Crippen molar-refractivity contribution in [2.75, 3.05) is 52.9 Å². The van der Waals surface area contributed by atoms with Gasteiger partial charge in [0.05, 0.1) is 22.0 Å². The highest BCUT2D eigenvalue weighted by Crippen LogP contribution is 2.30. The molecule has 7 nitrogen and oxygen atoms in total. The molecular formula is C25H32Cl2N4O3S. The standard InChI is InChI=1S/C25H32Cl2N4O3S/c1-30-11-13-31(14-12-30)10-3-15-34-21-5-7-22(8-6-21)35(32,33)29-9-2-4-19-18-28-25-23(19)16-20(26)17-24(25)27/h5-8,16-18,28-29H,2-4,9-15H2,1H3. The van der Waals surface area contributed by atoms with Gasteiger partial charge in [0.15, 0.2) is 0 Å². The first-order valence-corrected chi connectivity index (χ1v) is 14.1. The molecule has 0 radical (unpaired) electrons. The van der Waals surface area contributed by atoms with Crippen LogP contribution in [-0.4, -0.2) is 76.1 Å². The van der Waals surface area contributed by atoms with Gasteiger partial charge in [-0.1, -0.05) is 23.2 Å². The molecule has 2 N–H and O–H groups in total. The van der Waals surface area contributed by atoms with Gasteiger partial charge in [0.1, 0.15) is 5.75 Å². The molecule has 35 heavy (non-hydrogen) atoms. The van der Waals surface area contributed by atoms with Gasteiger partial charge >= 0.3 is 0 Å². The molecule has 2 heterocycles. The van der Waals surface area contributed by atoms with Gasteiger partial charge in [0.25, 0.3) is 0 Å². The van der Waals surface area contributed by atoms with E-state index in [2.05, 4.69) is 26.6 Å². The van der Waals surface area contributed by atoms with Gasteiger partial charge in [0, 0.05) is 55.9 Å². The summed E-state index contributed by atoms with van der Waals surface area (Å²) in [5.41, 5.74) is 1.89. The number of aryl methyl sites for hydroxylation is 1. The van der Waals surface area contributed by atoms with E-state index in [0.29, 0.717) is 41.8 Å². The van der Waals surface area contributed by atoms with E-state index in [1.807, 2.05) is 12.3 Å². The summed E-state index contributed by atoms with van der Waals surface area (Å²) >= 11 is 12.4. The van der Waals surface area contributed by atoms with Gasteiger partial charge in [0.2, 0.25) is 10.0 Å². The molecule has 0 unspecified atom stereocenters. The Labute approximate surface area is 217 Å². The largest absolute Gasteiger partial charge is 0.494 e. The number of ether oxygens (including phenoxy) is 1. The average molecular weight is 540 g/mol. The van der Waals surface area contributed by atoms with E-state index in [-0.39, 0.29) is 4.90 Å². The Hall–Kier alpha value is -1.81. The number of hydrogen-bond donors (Lipinski definition) is 2. The predicted molar refractivity (Wildman–Crippen MR) is 142 cm³/mol. The first kappa shape index (κ1) is 26.3. The second kappa shape index (κ2) is 12.0. The molecule has 4 rings (SSSR count). The molecule has 1 aliphatic heterocycles. The van der Waals surface area contributed by atoms with E-state index in [1.165, 1.54) is 0 Å². The number of fused-ring (bicyclic) bond motifs is 1. The number of rotatable bonds is 11. The third-order valence-electron chi connectivity index (χ3n) is 6.32. The molecule has 0 aliphatic carbocycles. The highest BCUT2D eigenvalue weighted by molar-refractivity contribution is 7.89. The average Bonchev–Trinajstić information content (AvgIpc) is 3.24. The molecule has 0 atom stereocenters. The summed E-state index contributed by atoms with van der Waals surface area (Å²) < 4.78 is 33.8. The minimum atomic E-state index is -3.58. The number of H-pyrrole nitrogens is 1. The summed E-state index contributed by atoms with van der Waals surface area (Å²) in [4.78, 5) is 8.19. The number of nitrogens with one attached hydrogen (secondary N) is 2. The summed E-state index contributed by atoms with van der Waals surface area (Å²) in [6.45, 7) is 6.37. The Kier molecular flexibility index (Phi) is 8.97. The highest BCUT2D eigenvalue weighted by atomic mass is 35.5. The van der Waals surface area contributed by atoms with Crippen molar-refractivity contribution >= 4 is 44.1 Å². The molecule has 0 bridgehead atoms. The number of aromatic amines is 1. The first-order chi connectivity index (χ1) is 16.8. The molecule has 0 saturated carbocycles. The van der Waals surface area contributed by atoms with Crippen molar-refractivity contribution in [1.82, 2.24) is 19.5 Å². The molecule has 0 spiro atoms. The first-order valence-electron chi connectivity index (χ1n) is 11.9. The fraction of sp³-hybridized carbons (Fsp3) is 0.440. The smallest absolute Gasteiger partial charge is 0.240 e. The van der Waals surface area contributed by atoms with Crippen molar-refractivity contribution in [2.45, 2.75) is 24.2 Å². The summed E-state index contributed by atoms with van der Waals surface area (Å²) in [6.07, 6.45) is 4.18. The maximum Gasteiger partial charge on any atom is 0.240 e. The second-order valence-electron chi connectivity index (χ2n) is 8.94. The molecule has 1 aromatic heterocycles. The lowest BCUT2D eigenvalue weighted by molar-refractivity contribution is 0.145. The van der Waals surface area contributed by atoms with Crippen LogP contribution in [0.1, 0.15) is 18.4 Å². The van der Waals surface area contributed by atoms with E-state index in [1.54, 1.807) is 30.3 Å². The van der Waals surface area contributed by atoms with E-state index >= 15 is 0 Å². The van der Waals surface area contributed by atoms with Crippen LogP contribution in [0.2, 0.25) is 10.0 Å². The molecule has 2 aromatic carbocycles. The topological polar surface area (TPSA) is 77.7 Å². The molecule has 0 amide bonds. The zero-order valence-corrected chi connectivity index (χ0v) is 22.2. The number of aromatic nitrogens is 1. The van der Waals surface area contributed by atoms with Gasteiger partial charge in [-0.2, -0.15) is 0 Å².